The van der Waals surface area contributed by atoms with E-state index in [1.807, 2.05) is 0 Å². The third-order valence-corrected chi connectivity index (χ3v) is 4.39. The highest BCUT2D eigenvalue weighted by atomic mass is 15.3. The summed E-state index contributed by atoms with van der Waals surface area (Å²) in [6.07, 6.45) is 9.72. The summed E-state index contributed by atoms with van der Waals surface area (Å²) in [6.45, 7) is 10.9. The van der Waals surface area contributed by atoms with Crippen LogP contribution in [0.4, 0.5) is 0 Å². The Morgan fingerprint density at radius 1 is 1.06 bits per heavy atom. The lowest BCUT2D eigenvalue weighted by Gasteiger charge is -2.50. The Hall–Kier alpha value is -0.0800. The highest BCUT2D eigenvalue weighted by Gasteiger charge is 2.43. The van der Waals surface area contributed by atoms with Crippen LogP contribution in [0.3, 0.4) is 0 Å². The van der Waals surface area contributed by atoms with Gasteiger partial charge in [-0.15, -0.1) is 0 Å². The van der Waals surface area contributed by atoms with E-state index in [0.29, 0.717) is 11.1 Å². The van der Waals surface area contributed by atoms with Crippen molar-refractivity contribution >= 4 is 0 Å². The van der Waals surface area contributed by atoms with Gasteiger partial charge >= 0.3 is 0 Å². The molecule has 17 heavy (non-hydrogen) atoms. The number of piperazine rings is 1. The lowest BCUT2D eigenvalue weighted by molar-refractivity contribution is 0.0613. The monoisotopic (exact) mass is 238 g/mol. The van der Waals surface area contributed by atoms with Crippen LogP contribution in [0.1, 0.15) is 65.7 Å². The second-order valence-electron chi connectivity index (χ2n) is 6.91. The van der Waals surface area contributed by atoms with Crippen LogP contribution in [0.25, 0.3) is 0 Å². The molecule has 100 valence electrons. The van der Waals surface area contributed by atoms with Gasteiger partial charge in [0.15, 0.2) is 0 Å². The van der Waals surface area contributed by atoms with Crippen LogP contribution in [0.5, 0.6) is 0 Å². The molecule has 1 spiro atoms. The Bertz CT molecular complexity index is 241. The molecule has 2 fully saturated rings. The Balaban J connectivity index is 1.93. The summed E-state index contributed by atoms with van der Waals surface area (Å²) in [6, 6.07) is 0. The zero-order valence-electron chi connectivity index (χ0n) is 12.0. The van der Waals surface area contributed by atoms with Crippen LogP contribution in [0, 0.1) is 0 Å². The topological polar surface area (TPSA) is 15.3 Å². The second kappa shape index (κ2) is 5.27. The smallest absolute Gasteiger partial charge is 0.0313 e. The van der Waals surface area contributed by atoms with Crippen molar-refractivity contribution in [2.45, 2.75) is 76.8 Å². The van der Waals surface area contributed by atoms with Crippen molar-refractivity contribution < 1.29 is 0 Å². The van der Waals surface area contributed by atoms with Crippen molar-refractivity contribution in [3.8, 4) is 0 Å². The average molecular weight is 238 g/mol. The molecule has 0 atom stereocenters. The van der Waals surface area contributed by atoms with E-state index in [-0.39, 0.29) is 0 Å². The zero-order chi connectivity index (χ0) is 12.4. The third-order valence-electron chi connectivity index (χ3n) is 4.39. The fourth-order valence-corrected chi connectivity index (χ4v) is 3.92. The Labute approximate surface area is 107 Å². The number of hydrogen-bond acceptors (Lipinski definition) is 2. The summed E-state index contributed by atoms with van der Waals surface area (Å²) in [7, 11) is 0. The van der Waals surface area contributed by atoms with Gasteiger partial charge < -0.3 is 5.32 Å². The standard InChI is InChI=1S/C15H30N2/c1-4-5-8-11-17-12-14(2,3)16-15(13-17)9-6-7-10-15/h16H,4-13H2,1-3H3. The molecule has 0 aromatic rings. The number of hydrogen-bond donors (Lipinski definition) is 1. The van der Waals surface area contributed by atoms with Gasteiger partial charge in [0.1, 0.15) is 0 Å². The Morgan fingerprint density at radius 2 is 1.76 bits per heavy atom. The van der Waals surface area contributed by atoms with E-state index in [1.54, 1.807) is 0 Å². The molecule has 0 amide bonds. The molecule has 2 rings (SSSR count). The lowest BCUT2D eigenvalue weighted by Crippen LogP contribution is -2.68. The van der Waals surface area contributed by atoms with Crippen LogP contribution in [-0.2, 0) is 0 Å². The van der Waals surface area contributed by atoms with Crippen LogP contribution < -0.4 is 5.32 Å². The molecule has 0 unspecified atom stereocenters. The Kier molecular flexibility index (Phi) is 4.14. The lowest BCUT2D eigenvalue weighted by atomic mass is 9.87. The molecule has 0 bridgehead atoms. The van der Waals surface area contributed by atoms with Gasteiger partial charge in [0, 0.05) is 24.2 Å². The minimum atomic E-state index is 0.300. The van der Waals surface area contributed by atoms with Gasteiger partial charge in [-0.3, -0.25) is 4.90 Å². The van der Waals surface area contributed by atoms with Gasteiger partial charge in [0.05, 0.1) is 0 Å². The van der Waals surface area contributed by atoms with E-state index < -0.39 is 0 Å². The van der Waals surface area contributed by atoms with Crippen molar-refractivity contribution in [2.75, 3.05) is 19.6 Å². The summed E-state index contributed by atoms with van der Waals surface area (Å²) in [4.78, 5) is 2.72. The molecule has 2 nitrogen and oxygen atoms in total. The maximum Gasteiger partial charge on any atom is 0.0313 e. The van der Waals surface area contributed by atoms with Crippen LogP contribution in [0.2, 0.25) is 0 Å². The molecular weight excluding hydrogens is 208 g/mol. The van der Waals surface area contributed by atoms with E-state index in [2.05, 4.69) is 31.0 Å². The molecular formula is C15H30N2. The zero-order valence-corrected chi connectivity index (χ0v) is 12.0. The first-order valence-electron chi connectivity index (χ1n) is 7.57. The third kappa shape index (κ3) is 3.45. The van der Waals surface area contributed by atoms with Crippen molar-refractivity contribution in [1.82, 2.24) is 10.2 Å². The quantitative estimate of drug-likeness (QED) is 0.757. The van der Waals surface area contributed by atoms with Gasteiger partial charge in [-0.05, 0) is 39.7 Å². The fourth-order valence-electron chi connectivity index (χ4n) is 3.92. The van der Waals surface area contributed by atoms with Crippen molar-refractivity contribution in [1.29, 1.82) is 0 Å². The highest BCUT2D eigenvalue weighted by Crippen LogP contribution is 2.35. The first-order chi connectivity index (χ1) is 8.05. The molecule has 1 heterocycles. The van der Waals surface area contributed by atoms with Crippen LogP contribution in [-0.4, -0.2) is 35.6 Å². The van der Waals surface area contributed by atoms with Crippen molar-refractivity contribution in [2.24, 2.45) is 0 Å². The number of nitrogens with zero attached hydrogens (tertiary/aromatic N) is 1. The average Bonchev–Trinajstić information content (AvgIpc) is 2.63. The van der Waals surface area contributed by atoms with Crippen molar-refractivity contribution in [3.63, 3.8) is 0 Å². The van der Waals surface area contributed by atoms with Gasteiger partial charge in [-0.2, -0.15) is 0 Å². The summed E-state index contributed by atoms with van der Waals surface area (Å²) >= 11 is 0. The molecule has 1 saturated carbocycles. The highest BCUT2D eigenvalue weighted by molar-refractivity contribution is 5.04. The van der Waals surface area contributed by atoms with Crippen LogP contribution in [0.15, 0.2) is 0 Å². The number of rotatable bonds is 4. The Morgan fingerprint density at radius 3 is 2.41 bits per heavy atom. The summed E-state index contributed by atoms with van der Waals surface area (Å²) in [5.41, 5.74) is 0.753. The summed E-state index contributed by atoms with van der Waals surface area (Å²) < 4.78 is 0. The van der Waals surface area contributed by atoms with E-state index >= 15 is 0 Å². The molecule has 1 N–H and O–H groups in total. The molecule has 0 aromatic heterocycles. The van der Waals surface area contributed by atoms with Gasteiger partial charge in [-0.25, -0.2) is 0 Å². The molecule has 1 aliphatic heterocycles. The minimum absolute atomic E-state index is 0.300. The summed E-state index contributed by atoms with van der Waals surface area (Å²) in [5.74, 6) is 0. The minimum Gasteiger partial charge on any atom is -0.304 e. The predicted octanol–water partition coefficient (Wildman–Crippen LogP) is 3.17. The molecule has 2 aliphatic rings. The van der Waals surface area contributed by atoms with Gasteiger partial charge in [0.25, 0.3) is 0 Å². The van der Waals surface area contributed by atoms with E-state index in [9.17, 15) is 0 Å². The maximum atomic E-state index is 3.95. The molecule has 2 heteroatoms. The van der Waals surface area contributed by atoms with Gasteiger partial charge in [0.2, 0.25) is 0 Å². The van der Waals surface area contributed by atoms with E-state index in [4.69, 9.17) is 0 Å². The number of nitrogens with one attached hydrogen (secondary N) is 1. The maximum absolute atomic E-state index is 3.95. The SMILES string of the molecule is CCCCCN1CC(C)(C)NC2(CCCC2)C1. The normalized spacial score (nSPS) is 27.7. The second-order valence-corrected chi connectivity index (χ2v) is 6.91. The van der Waals surface area contributed by atoms with Crippen LogP contribution >= 0.6 is 0 Å². The number of unbranched alkanes of at least 4 members (excludes halogenated alkanes) is 2. The first kappa shape index (κ1) is 13.4. The fraction of sp³-hybridized carbons (Fsp3) is 1.00. The largest absolute Gasteiger partial charge is 0.304 e. The molecule has 1 saturated heterocycles. The van der Waals surface area contributed by atoms with E-state index in [1.165, 1.54) is 64.6 Å². The predicted molar refractivity (Wildman–Crippen MR) is 74.4 cm³/mol. The molecule has 0 aromatic carbocycles. The molecule has 0 radical (unpaired) electrons. The molecule has 1 aliphatic carbocycles. The summed E-state index contributed by atoms with van der Waals surface area (Å²) in [5, 5.41) is 3.95. The van der Waals surface area contributed by atoms with E-state index in [0.717, 1.165) is 0 Å². The van der Waals surface area contributed by atoms with Crippen molar-refractivity contribution in [3.05, 3.63) is 0 Å². The van der Waals surface area contributed by atoms with Gasteiger partial charge in [-0.1, -0.05) is 32.6 Å². The first-order valence-corrected chi connectivity index (χ1v) is 7.57.